The second kappa shape index (κ2) is 12.4. The average molecular weight is 297 g/mol. The third kappa shape index (κ3) is 10.5. The highest BCUT2D eigenvalue weighted by atomic mass is 19.3. The first-order chi connectivity index (χ1) is 9.51. The third-order valence-corrected chi connectivity index (χ3v) is 3.23. The Hall–Kier alpha value is -0.300. The van der Waals surface area contributed by atoms with Crippen LogP contribution in [-0.4, -0.2) is 55.1 Å². The Kier molecular flexibility index (Phi) is 12.3. The van der Waals surface area contributed by atoms with Crippen LogP contribution in [0.1, 0.15) is 39.5 Å². The molecule has 20 heavy (non-hydrogen) atoms. The molecule has 0 aromatic heterocycles. The van der Waals surface area contributed by atoms with Crippen molar-refractivity contribution >= 4 is 0 Å². The molecule has 0 bridgehead atoms. The number of hydrogen-bond acceptors (Lipinski definition) is 4. The van der Waals surface area contributed by atoms with E-state index in [0.29, 0.717) is 12.5 Å². The van der Waals surface area contributed by atoms with Crippen molar-refractivity contribution in [2.24, 2.45) is 5.92 Å². The summed E-state index contributed by atoms with van der Waals surface area (Å²) in [6.07, 6.45) is -0.686. The van der Waals surface area contributed by atoms with Crippen LogP contribution >= 0.6 is 0 Å². The first kappa shape index (κ1) is 19.7. The summed E-state index contributed by atoms with van der Waals surface area (Å²) in [5.74, 6) is 0.510. The molecule has 0 aromatic carbocycles. The third-order valence-electron chi connectivity index (χ3n) is 3.23. The minimum atomic E-state index is -2.76. The molecule has 0 amide bonds. The molecule has 0 fully saturated rings. The maximum absolute atomic E-state index is 12.0. The monoisotopic (exact) mass is 297 g/mol. The molecule has 0 radical (unpaired) electrons. The summed E-state index contributed by atoms with van der Waals surface area (Å²) in [5.41, 5.74) is 0. The molecule has 3 atom stereocenters. The highest BCUT2D eigenvalue weighted by molar-refractivity contribution is 4.65. The van der Waals surface area contributed by atoms with Gasteiger partial charge in [-0.2, -0.15) is 0 Å². The van der Waals surface area contributed by atoms with E-state index in [1.54, 1.807) is 0 Å². The quantitative estimate of drug-likeness (QED) is 0.485. The normalized spacial score (nSPS) is 16.4. The SMILES string of the molecule is CCCCC(CC)COCC(O)CNCC(O)C(F)F. The van der Waals surface area contributed by atoms with Crippen LogP contribution in [0, 0.1) is 5.92 Å². The lowest BCUT2D eigenvalue weighted by atomic mass is 10.0. The molecule has 0 aliphatic carbocycles. The van der Waals surface area contributed by atoms with Crippen LogP contribution in [-0.2, 0) is 4.74 Å². The zero-order valence-corrected chi connectivity index (χ0v) is 12.5. The van der Waals surface area contributed by atoms with Crippen molar-refractivity contribution in [2.45, 2.75) is 58.2 Å². The van der Waals surface area contributed by atoms with Crippen LogP contribution in [0.4, 0.5) is 8.78 Å². The fourth-order valence-electron chi connectivity index (χ4n) is 1.81. The van der Waals surface area contributed by atoms with Gasteiger partial charge in [-0.15, -0.1) is 0 Å². The van der Waals surface area contributed by atoms with Crippen molar-refractivity contribution < 1.29 is 23.7 Å². The number of aliphatic hydroxyl groups excluding tert-OH is 2. The van der Waals surface area contributed by atoms with Crippen molar-refractivity contribution in [3.63, 3.8) is 0 Å². The van der Waals surface area contributed by atoms with E-state index in [1.807, 2.05) is 0 Å². The van der Waals surface area contributed by atoms with E-state index in [1.165, 1.54) is 6.42 Å². The molecule has 0 aliphatic heterocycles. The van der Waals surface area contributed by atoms with Crippen LogP contribution in [0.2, 0.25) is 0 Å². The van der Waals surface area contributed by atoms with Gasteiger partial charge in [0.2, 0.25) is 0 Å². The van der Waals surface area contributed by atoms with Crippen LogP contribution in [0.25, 0.3) is 0 Å². The minimum absolute atomic E-state index is 0.134. The topological polar surface area (TPSA) is 61.7 Å². The number of ether oxygens (including phenoxy) is 1. The van der Waals surface area contributed by atoms with Gasteiger partial charge in [-0.3, -0.25) is 0 Å². The first-order valence-corrected chi connectivity index (χ1v) is 7.43. The highest BCUT2D eigenvalue weighted by Gasteiger charge is 2.16. The maximum Gasteiger partial charge on any atom is 0.265 e. The summed E-state index contributed by atoms with van der Waals surface area (Å²) in [6, 6.07) is 0. The molecule has 4 nitrogen and oxygen atoms in total. The summed E-state index contributed by atoms with van der Waals surface area (Å²) in [6.45, 7) is 4.97. The summed E-state index contributed by atoms with van der Waals surface area (Å²) < 4.78 is 29.5. The highest BCUT2D eigenvalue weighted by Crippen LogP contribution is 2.12. The van der Waals surface area contributed by atoms with Gasteiger partial charge < -0.3 is 20.3 Å². The molecule has 0 aromatic rings. The molecular formula is C14H29F2NO3. The molecular weight excluding hydrogens is 268 g/mol. The van der Waals surface area contributed by atoms with E-state index in [0.717, 1.165) is 19.3 Å². The Balaban J connectivity index is 3.59. The summed E-state index contributed by atoms with van der Waals surface area (Å²) in [4.78, 5) is 0. The predicted octanol–water partition coefficient (Wildman–Crippen LogP) is 1.80. The van der Waals surface area contributed by atoms with E-state index >= 15 is 0 Å². The van der Waals surface area contributed by atoms with Gasteiger partial charge in [0.15, 0.2) is 0 Å². The molecule has 0 saturated heterocycles. The van der Waals surface area contributed by atoms with Crippen LogP contribution in [0.5, 0.6) is 0 Å². The number of alkyl halides is 2. The van der Waals surface area contributed by atoms with Gasteiger partial charge in [0.05, 0.1) is 12.7 Å². The lowest BCUT2D eigenvalue weighted by Gasteiger charge is -2.17. The molecule has 0 saturated carbocycles. The van der Waals surface area contributed by atoms with Gasteiger partial charge >= 0.3 is 0 Å². The van der Waals surface area contributed by atoms with Gasteiger partial charge in [-0.25, -0.2) is 8.78 Å². The van der Waals surface area contributed by atoms with Gasteiger partial charge in [0.25, 0.3) is 6.43 Å². The molecule has 0 aliphatic rings. The zero-order valence-electron chi connectivity index (χ0n) is 12.5. The summed E-state index contributed by atoms with van der Waals surface area (Å²) >= 11 is 0. The number of hydrogen-bond donors (Lipinski definition) is 3. The molecule has 0 rings (SSSR count). The smallest absolute Gasteiger partial charge is 0.265 e. The lowest BCUT2D eigenvalue weighted by molar-refractivity contribution is -0.00902. The molecule has 0 spiro atoms. The molecule has 0 heterocycles. The van der Waals surface area contributed by atoms with Crippen LogP contribution in [0.15, 0.2) is 0 Å². The van der Waals surface area contributed by atoms with Gasteiger partial charge in [0, 0.05) is 19.7 Å². The number of nitrogens with one attached hydrogen (secondary N) is 1. The van der Waals surface area contributed by atoms with Gasteiger partial charge in [-0.1, -0.05) is 33.1 Å². The van der Waals surface area contributed by atoms with E-state index in [4.69, 9.17) is 9.84 Å². The molecule has 6 heteroatoms. The summed E-state index contributed by atoms with van der Waals surface area (Å²) in [7, 11) is 0. The maximum atomic E-state index is 12.0. The Morgan fingerprint density at radius 3 is 2.35 bits per heavy atom. The van der Waals surface area contributed by atoms with E-state index < -0.39 is 18.6 Å². The Labute approximate surface area is 120 Å². The van der Waals surface area contributed by atoms with Crippen molar-refractivity contribution in [3.05, 3.63) is 0 Å². The largest absolute Gasteiger partial charge is 0.389 e. The Morgan fingerprint density at radius 1 is 1.10 bits per heavy atom. The van der Waals surface area contributed by atoms with Gasteiger partial charge in [0.1, 0.15) is 6.10 Å². The van der Waals surface area contributed by atoms with Gasteiger partial charge in [-0.05, 0) is 12.3 Å². The summed E-state index contributed by atoms with van der Waals surface area (Å²) in [5, 5.41) is 21.1. The van der Waals surface area contributed by atoms with Crippen molar-refractivity contribution in [3.8, 4) is 0 Å². The first-order valence-electron chi connectivity index (χ1n) is 7.43. The second-order valence-corrected chi connectivity index (χ2v) is 5.17. The number of halogens is 2. The van der Waals surface area contributed by atoms with Crippen molar-refractivity contribution in [1.82, 2.24) is 5.32 Å². The van der Waals surface area contributed by atoms with Crippen LogP contribution in [0.3, 0.4) is 0 Å². The fourth-order valence-corrected chi connectivity index (χ4v) is 1.81. The zero-order chi connectivity index (χ0) is 15.4. The second-order valence-electron chi connectivity index (χ2n) is 5.17. The van der Waals surface area contributed by atoms with E-state index in [-0.39, 0.29) is 19.7 Å². The number of aliphatic hydroxyl groups is 2. The van der Waals surface area contributed by atoms with Crippen molar-refractivity contribution in [2.75, 3.05) is 26.3 Å². The lowest BCUT2D eigenvalue weighted by Crippen LogP contribution is -2.38. The molecule has 122 valence electrons. The molecule has 3 N–H and O–H groups in total. The van der Waals surface area contributed by atoms with Crippen LogP contribution < -0.4 is 5.32 Å². The predicted molar refractivity (Wildman–Crippen MR) is 75.0 cm³/mol. The van der Waals surface area contributed by atoms with Crippen molar-refractivity contribution in [1.29, 1.82) is 0 Å². The van der Waals surface area contributed by atoms with E-state index in [9.17, 15) is 13.9 Å². The fraction of sp³-hybridized carbons (Fsp3) is 1.00. The standard InChI is InChI=1S/C14H29F2NO3/c1-3-5-6-11(4-2)9-20-10-12(18)7-17-8-13(19)14(15)16/h11-14,17-19H,3-10H2,1-2H3. The van der Waals surface area contributed by atoms with E-state index in [2.05, 4.69) is 19.2 Å². The average Bonchev–Trinajstić information content (AvgIpc) is 2.42. The number of rotatable bonds is 13. The Morgan fingerprint density at radius 2 is 1.80 bits per heavy atom. The molecule has 3 unspecified atom stereocenters. The minimum Gasteiger partial charge on any atom is -0.389 e. The number of unbranched alkanes of at least 4 members (excludes halogenated alkanes) is 1. The Bertz CT molecular complexity index is 221.